The molecule has 0 aliphatic carbocycles. The van der Waals surface area contributed by atoms with Gasteiger partial charge in [-0.2, -0.15) is 5.10 Å². The molecule has 5 heteroatoms. The van der Waals surface area contributed by atoms with Gasteiger partial charge < -0.3 is 5.73 Å². The number of benzene rings is 1. The highest BCUT2D eigenvalue weighted by atomic mass is 79.9. The summed E-state index contributed by atoms with van der Waals surface area (Å²) in [4.78, 5) is 4.07. The lowest BCUT2D eigenvalue weighted by Gasteiger charge is -2.00. The molecule has 0 fully saturated rings. The van der Waals surface area contributed by atoms with Gasteiger partial charge in [-0.3, -0.25) is 0 Å². The molecule has 0 amide bonds. The van der Waals surface area contributed by atoms with Crippen molar-refractivity contribution in [3.8, 4) is 11.3 Å². The Bertz CT molecular complexity index is 415. The van der Waals surface area contributed by atoms with Crippen LogP contribution >= 0.6 is 15.9 Å². The van der Waals surface area contributed by atoms with E-state index in [1.54, 1.807) is 6.20 Å². The molecule has 0 aliphatic rings. The van der Waals surface area contributed by atoms with Gasteiger partial charge in [0.2, 0.25) is 5.95 Å². The topological polar surface area (TPSA) is 64.7 Å². The molecule has 0 unspecified atom stereocenters. The molecule has 0 saturated heterocycles. The van der Waals surface area contributed by atoms with Crippen LogP contribution in [0.4, 0.5) is 5.95 Å². The minimum absolute atomic E-state index is 0.183. The molecule has 1 heterocycles. The fourth-order valence-electron chi connectivity index (χ4n) is 1.10. The van der Waals surface area contributed by atoms with E-state index >= 15 is 0 Å². The molecule has 2 aromatic rings. The van der Waals surface area contributed by atoms with Crippen molar-refractivity contribution < 1.29 is 0 Å². The van der Waals surface area contributed by atoms with E-state index in [2.05, 4.69) is 31.1 Å². The van der Waals surface area contributed by atoms with Gasteiger partial charge in [0.15, 0.2) is 0 Å². The zero-order valence-corrected chi connectivity index (χ0v) is 8.77. The third-order valence-corrected chi connectivity index (χ3v) is 2.19. The van der Waals surface area contributed by atoms with E-state index < -0.39 is 0 Å². The van der Waals surface area contributed by atoms with Gasteiger partial charge in [-0.25, -0.2) is 4.98 Å². The summed E-state index contributed by atoms with van der Waals surface area (Å²) in [6, 6.07) is 7.76. The van der Waals surface area contributed by atoms with Gasteiger partial charge in [-0.05, 0) is 12.1 Å². The van der Waals surface area contributed by atoms with Gasteiger partial charge in [0, 0.05) is 10.0 Å². The number of anilines is 1. The van der Waals surface area contributed by atoms with E-state index in [0.29, 0.717) is 0 Å². The van der Waals surface area contributed by atoms with Crippen molar-refractivity contribution >= 4 is 21.9 Å². The van der Waals surface area contributed by atoms with Crippen molar-refractivity contribution in [3.05, 3.63) is 34.9 Å². The summed E-state index contributed by atoms with van der Waals surface area (Å²) in [7, 11) is 0. The first-order valence-corrected chi connectivity index (χ1v) is 4.76. The Morgan fingerprint density at radius 3 is 2.86 bits per heavy atom. The first kappa shape index (κ1) is 9.08. The average molecular weight is 251 g/mol. The zero-order chi connectivity index (χ0) is 9.97. The highest BCUT2D eigenvalue weighted by Gasteiger charge is 2.00. The molecule has 0 atom stereocenters. The molecule has 14 heavy (non-hydrogen) atoms. The molecular weight excluding hydrogens is 244 g/mol. The van der Waals surface area contributed by atoms with Crippen LogP contribution in [0.3, 0.4) is 0 Å². The van der Waals surface area contributed by atoms with Crippen molar-refractivity contribution in [1.82, 2.24) is 15.2 Å². The predicted molar refractivity (Wildman–Crippen MR) is 57.4 cm³/mol. The van der Waals surface area contributed by atoms with Crippen LogP contribution in [0.2, 0.25) is 0 Å². The second-order valence-corrected chi connectivity index (χ2v) is 3.63. The SMILES string of the molecule is Nc1nncc(-c2cccc(Br)c2)n1. The Kier molecular flexibility index (Phi) is 2.41. The summed E-state index contributed by atoms with van der Waals surface area (Å²) in [5, 5.41) is 7.33. The summed E-state index contributed by atoms with van der Waals surface area (Å²) in [5.74, 6) is 0.183. The van der Waals surface area contributed by atoms with Crippen LogP contribution in [-0.4, -0.2) is 15.2 Å². The Balaban J connectivity index is 2.49. The molecule has 2 N–H and O–H groups in total. The smallest absolute Gasteiger partial charge is 0.240 e. The fourth-order valence-corrected chi connectivity index (χ4v) is 1.50. The first-order chi connectivity index (χ1) is 6.75. The highest BCUT2D eigenvalue weighted by molar-refractivity contribution is 9.10. The maximum absolute atomic E-state index is 5.44. The van der Waals surface area contributed by atoms with Crippen molar-refractivity contribution in [2.75, 3.05) is 5.73 Å². The van der Waals surface area contributed by atoms with Crippen molar-refractivity contribution in [1.29, 1.82) is 0 Å². The monoisotopic (exact) mass is 250 g/mol. The summed E-state index contributed by atoms with van der Waals surface area (Å²) in [6.45, 7) is 0. The van der Waals surface area contributed by atoms with Crippen LogP contribution in [0, 0.1) is 0 Å². The quantitative estimate of drug-likeness (QED) is 0.840. The summed E-state index contributed by atoms with van der Waals surface area (Å²) in [6.07, 6.45) is 1.58. The van der Waals surface area contributed by atoms with E-state index in [1.165, 1.54) is 0 Å². The lowest BCUT2D eigenvalue weighted by molar-refractivity contribution is 0.990. The van der Waals surface area contributed by atoms with Gasteiger partial charge in [0.25, 0.3) is 0 Å². The molecule has 0 saturated carbocycles. The number of nitrogens with two attached hydrogens (primary N) is 1. The van der Waals surface area contributed by atoms with Gasteiger partial charge in [-0.1, -0.05) is 28.1 Å². The molecule has 4 nitrogen and oxygen atoms in total. The lowest BCUT2D eigenvalue weighted by atomic mass is 10.2. The standard InChI is InChI=1S/C9H7BrN4/c10-7-3-1-2-6(4-7)8-5-12-14-9(11)13-8/h1-5H,(H2,11,13,14). The van der Waals surface area contributed by atoms with Crippen molar-refractivity contribution in [3.63, 3.8) is 0 Å². The lowest BCUT2D eigenvalue weighted by Crippen LogP contribution is -1.97. The number of nitrogens with zero attached hydrogens (tertiary/aromatic N) is 3. The zero-order valence-electron chi connectivity index (χ0n) is 7.18. The van der Waals surface area contributed by atoms with Crippen LogP contribution in [0.1, 0.15) is 0 Å². The maximum Gasteiger partial charge on any atom is 0.240 e. The van der Waals surface area contributed by atoms with E-state index in [1.807, 2.05) is 24.3 Å². The number of aromatic nitrogens is 3. The molecule has 0 aliphatic heterocycles. The molecule has 70 valence electrons. The van der Waals surface area contributed by atoms with E-state index in [4.69, 9.17) is 5.73 Å². The maximum atomic E-state index is 5.44. The van der Waals surface area contributed by atoms with Gasteiger partial charge in [0.1, 0.15) is 0 Å². The number of halogens is 1. The number of rotatable bonds is 1. The number of hydrogen-bond acceptors (Lipinski definition) is 4. The van der Waals surface area contributed by atoms with Gasteiger partial charge >= 0.3 is 0 Å². The van der Waals surface area contributed by atoms with Crippen LogP contribution in [0.25, 0.3) is 11.3 Å². The van der Waals surface area contributed by atoms with Gasteiger partial charge in [-0.15, -0.1) is 5.10 Å². The first-order valence-electron chi connectivity index (χ1n) is 3.97. The largest absolute Gasteiger partial charge is 0.366 e. The average Bonchev–Trinajstić information content (AvgIpc) is 2.18. The fraction of sp³-hybridized carbons (Fsp3) is 0. The molecule has 0 bridgehead atoms. The second kappa shape index (κ2) is 3.71. The Hall–Kier alpha value is -1.49. The molecule has 1 aromatic heterocycles. The van der Waals surface area contributed by atoms with Crippen molar-refractivity contribution in [2.45, 2.75) is 0 Å². The molecule has 0 spiro atoms. The minimum Gasteiger partial charge on any atom is -0.366 e. The van der Waals surface area contributed by atoms with E-state index in [9.17, 15) is 0 Å². The second-order valence-electron chi connectivity index (χ2n) is 2.71. The Morgan fingerprint density at radius 2 is 2.14 bits per heavy atom. The third-order valence-electron chi connectivity index (χ3n) is 1.70. The van der Waals surface area contributed by atoms with Crippen LogP contribution < -0.4 is 5.73 Å². The Labute approximate surface area is 89.3 Å². The minimum atomic E-state index is 0.183. The molecule has 2 rings (SSSR count). The van der Waals surface area contributed by atoms with E-state index in [-0.39, 0.29) is 5.95 Å². The summed E-state index contributed by atoms with van der Waals surface area (Å²) >= 11 is 3.38. The van der Waals surface area contributed by atoms with Crippen LogP contribution in [-0.2, 0) is 0 Å². The highest BCUT2D eigenvalue weighted by Crippen LogP contribution is 2.20. The Morgan fingerprint density at radius 1 is 1.29 bits per heavy atom. The van der Waals surface area contributed by atoms with Gasteiger partial charge in [0.05, 0.1) is 11.9 Å². The molecule has 1 aromatic carbocycles. The van der Waals surface area contributed by atoms with Crippen LogP contribution in [0.5, 0.6) is 0 Å². The van der Waals surface area contributed by atoms with E-state index in [0.717, 1.165) is 15.7 Å². The number of nitrogen functional groups attached to an aromatic ring is 1. The molecule has 0 radical (unpaired) electrons. The van der Waals surface area contributed by atoms with Crippen molar-refractivity contribution in [2.24, 2.45) is 0 Å². The summed E-state index contributed by atoms with van der Waals surface area (Å²) < 4.78 is 0.993. The predicted octanol–water partition coefficient (Wildman–Crippen LogP) is 1.88. The summed E-state index contributed by atoms with van der Waals surface area (Å²) in [5.41, 5.74) is 7.12. The third kappa shape index (κ3) is 1.88. The molecular formula is C9H7BrN4. The number of hydrogen-bond donors (Lipinski definition) is 1. The normalized spacial score (nSPS) is 10.1. The van der Waals surface area contributed by atoms with Crippen LogP contribution in [0.15, 0.2) is 34.9 Å².